The second-order valence-corrected chi connectivity index (χ2v) is 6.35. The van der Waals surface area contributed by atoms with Crippen LogP contribution in [0, 0.1) is 0 Å². The first-order valence-corrected chi connectivity index (χ1v) is 7.81. The molecule has 1 amide bonds. The fourth-order valence-corrected chi connectivity index (χ4v) is 2.14. The summed E-state index contributed by atoms with van der Waals surface area (Å²) in [6.07, 6.45) is 1.47. The zero-order valence-corrected chi connectivity index (χ0v) is 13.6. The van der Waals surface area contributed by atoms with Gasteiger partial charge in [0.25, 0.3) is 0 Å². The number of nitrogens with zero attached hydrogens (tertiary/aromatic N) is 2. The van der Waals surface area contributed by atoms with Gasteiger partial charge in [-0.1, -0.05) is 0 Å². The number of aliphatic hydroxyl groups is 1. The Bertz CT molecular complexity index is 297. The fraction of sp³-hybridized carbons (Fsp3) is 0.933. The molecule has 1 rings (SSSR count). The van der Waals surface area contributed by atoms with Crippen molar-refractivity contribution in [2.24, 2.45) is 0 Å². The molecule has 0 aliphatic carbocycles. The second kappa shape index (κ2) is 9.23. The lowest BCUT2D eigenvalue weighted by Gasteiger charge is -2.35. The fourth-order valence-electron chi connectivity index (χ4n) is 2.14. The van der Waals surface area contributed by atoms with Crippen molar-refractivity contribution in [1.29, 1.82) is 0 Å². The molecule has 124 valence electrons. The first kappa shape index (κ1) is 18.2. The molecule has 1 aliphatic heterocycles. The van der Waals surface area contributed by atoms with Gasteiger partial charge in [0.15, 0.2) is 0 Å². The van der Waals surface area contributed by atoms with Crippen LogP contribution in [0.5, 0.6) is 0 Å². The van der Waals surface area contributed by atoms with Gasteiger partial charge >= 0.3 is 6.09 Å². The van der Waals surface area contributed by atoms with Crippen molar-refractivity contribution in [3.8, 4) is 0 Å². The van der Waals surface area contributed by atoms with Gasteiger partial charge in [-0.05, 0) is 33.6 Å². The predicted octanol–water partition coefficient (Wildman–Crippen LogP) is 1.33. The summed E-state index contributed by atoms with van der Waals surface area (Å²) in [5, 5.41) is 8.64. The number of rotatable bonds is 7. The van der Waals surface area contributed by atoms with Crippen LogP contribution in [0.3, 0.4) is 0 Å². The number of ether oxygens (including phenoxy) is 2. The van der Waals surface area contributed by atoms with Crippen molar-refractivity contribution >= 4 is 6.09 Å². The quantitative estimate of drug-likeness (QED) is 0.719. The summed E-state index contributed by atoms with van der Waals surface area (Å²) in [7, 11) is 0. The highest BCUT2D eigenvalue weighted by atomic mass is 16.6. The SMILES string of the molecule is CC(C)(C)OC(=O)N1CCN(CCCOCCCO)CC1. The Labute approximate surface area is 128 Å². The van der Waals surface area contributed by atoms with Crippen LogP contribution in [0.15, 0.2) is 0 Å². The zero-order chi connectivity index (χ0) is 15.7. The number of piperazine rings is 1. The third kappa shape index (κ3) is 8.24. The Balaban J connectivity index is 2.10. The molecule has 0 bridgehead atoms. The molecular formula is C15H30N2O4. The largest absolute Gasteiger partial charge is 0.444 e. The molecule has 0 aromatic heterocycles. The second-order valence-electron chi connectivity index (χ2n) is 6.35. The van der Waals surface area contributed by atoms with E-state index < -0.39 is 5.60 Å². The van der Waals surface area contributed by atoms with E-state index in [1.807, 2.05) is 20.8 Å². The topological polar surface area (TPSA) is 62.2 Å². The highest BCUT2D eigenvalue weighted by Gasteiger charge is 2.25. The molecule has 0 unspecified atom stereocenters. The van der Waals surface area contributed by atoms with Crippen LogP contribution < -0.4 is 0 Å². The maximum Gasteiger partial charge on any atom is 0.410 e. The normalized spacial score (nSPS) is 17.0. The third-order valence-electron chi connectivity index (χ3n) is 3.23. The summed E-state index contributed by atoms with van der Waals surface area (Å²) in [6.45, 7) is 11.4. The van der Waals surface area contributed by atoms with Crippen molar-refractivity contribution in [2.75, 3.05) is 52.5 Å². The lowest BCUT2D eigenvalue weighted by Crippen LogP contribution is -2.50. The van der Waals surface area contributed by atoms with Gasteiger partial charge in [-0.3, -0.25) is 4.90 Å². The highest BCUT2D eigenvalue weighted by Crippen LogP contribution is 2.11. The minimum absolute atomic E-state index is 0.187. The van der Waals surface area contributed by atoms with Gasteiger partial charge in [0.1, 0.15) is 5.60 Å². The molecule has 1 fully saturated rings. The number of aliphatic hydroxyl groups excluding tert-OH is 1. The number of amides is 1. The third-order valence-corrected chi connectivity index (χ3v) is 3.23. The average Bonchev–Trinajstić information content (AvgIpc) is 2.41. The summed E-state index contributed by atoms with van der Waals surface area (Å²) in [5.74, 6) is 0. The molecule has 6 heteroatoms. The summed E-state index contributed by atoms with van der Waals surface area (Å²) < 4.78 is 10.8. The number of hydrogen-bond donors (Lipinski definition) is 1. The average molecular weight is 302 g/mol. The smallest absolute Gasteiger partial charge is 0.410 e. The van der Waals surface area contributed by atoms with Crippen LogP contribution in [0.2, 0.25) is 0 Å². The maximum absolute atomic E-state index is 11.9. The summed E-state index contributed by atoms with van der Waals surface area (Å²) >= 11 is 0. The molecule has 0 spiro atoms. The summed E-state index contributed by atoms with van der Waals surface area (Å²) in [6, 6.07) is 0. The Hall–Kier alpha value is -0.850. The van der Waals surface area contributed by atoms with Gasteiger partial charge in [0.2, 0.25) is 0 Å². The van der Waals surface area contributed by atoms with Crippen LogP contribution in [0.25, 0.3) is 0 Å². The number of carbonyl (C=O) groups excluding carboxylic acids is 1. The summed E-state index contributed by atoms with van der Waals surface area (Å²) in [4.78, 5) is 16.0. The molecule has 1 N–H and O–H groups in total. The molecular weight excluding hydrogens is 272 g/mol. The molecule has 0 radical (unpaired) electrons. The Morgan fingerprint density at radius 1 is 1.10 bits per heavy atom. The number of carbonyl (C=O) groups is 1. The maximum atomic E-state index is 11.9. The van der Waals surface area contributed by atoms with Gasteiger partial charge in [0, 0.05) is 52.5 Å². The molecule has 6 nitrogen and oxygen atoms in total. The molecule has 1 saturated heterocycles. The van der Waals surface area contributed by atoms with Gasteiger partial charge in [-0.15, -0.1) is 0 Å². The van der Waals surface area contributed by atoms with Crippen molar-refractivity contribution in [3.05, 3.63) is 0 Å². The van der Waals surface area contributed by atoms with E-state index in [4.69, 9.17) is 14.6 Å². The van der Waals surface area contributed by atoms with Crippen LogP contribution in [0.4, 0.5) is 4.79 Å². The molecule has 0 aromatic carbocycles. The zero-order valence-electron chi connectivity index (χ0n) is 13.6. The van der Waals surface area contributed by atoms with Gasteiger partial charge in [0.05, 0.1) is 0 Å². The van der Waals surface area contributed by atoms with E-state index in [9.17, 15) is 4.79 Å². The lowest BCUT2D eigenvalue weighted by molar-refractivity contribution is 0.0135. The van der Waals surface area contributed by atoms with Crippen molar-refractivity contribution in [1.82, 2.24) is 9.80 Å². The first-order chi connectivity index (χ1) is 9.92. The highest BCUT2D eigenvalue weighted by molar-refractivity contribution is 5.68. The molecule has 1 heterocycles. The van der Waals surface area contributed by atoms with E-state index in [1.54, 1.807) is 4.90 Å². The van der Waals surface area contributed by atoms with E-state index >= 15 is 0 Å². The van der Waals surface area contributed by atoms with E-state index in [-0.39, 0.29) is 12.7 Å². The predicted molar refractivity (Wildman–Crippen MR) is 81.4 cm³/mol. The van der Waals surface area contributed by atoms with Crippen LogP contribution in [-0.2, 0) is 9.47 Å². The molecule has 0 saturated carbocycles. The van der Waals surface area contributed by atoms with E-state index in [0.29, 0.717) is 13.0 Å². The standard InChI is InChI=1S/C15H30N2O4/c1-15(2,3)21-14(19)17-9-7-16(8-10-17)6-4-12-20-13-5-11-18/h18H,4-13H2,1-3H3. The van der Waals surface area contributed by atoms with Crippen LogP contribution in [-0.4, -0.2) is 79.1 Å². The minimum atomic E-state index is -0.430. The Morgan fingerprint density at radius 3 is 2.29 bits per heavy atom. The van der Waals surface area contributed by atoms with Gasteiger partial charge < -0.3 is 19.5 Å². The Morgan fingerprint density at radius 2 is 1.71 bits per heavy atom. The van der Waals surface area contributed by atoms with E-state index in [1.165, 1.54) is 0 Å². The Kier molecular flexibility index (Phi) is 8.00. The van der Waals surface area contributed by atoms with Gasteiger partial charge in [-0.2, -0.15) is 0 Å². The van der Waals surface area contributed by atoms with Crippen molar-refractivity contribution in [2.45, 2.75) is 39.2 Å². The molecule has 0 aromatic rings. The van der Waals surface area contributed by atoms with E-state index in [0.717, 1.165) is 45.8 Å². The van der Waals surface area contributed by atoms with E-state index in [2.05, 4.69) is 4.90 Å². The summed E-state index contributed by atoms with van der Waals surface area (Å²) in [5.41, 5.74) is -0.430. The van der Waals surface area contributed by atoms with Crippen molar-refractivity contribution < 1.29 is 19.4 Å². The molecule has 1 aliphatic rings. The minimum Gasteiger partial charge on any atom is -0.444 e. The van der Waals surface area contributed by atoms with Crippen LogP contribution in [0.1, 0.15) is 33.6 Å². The lowest BCUT2D eigenvalue weighted by atomic mass is 10.2. The van der Waals surface area contributed by atoms with Crippen molar-refractivity contribution in [3.63, 3.8) is 0 Å². The molecule has 21 heavy (non-hydrogen) atoms. The molecule has 0 atom stereocenters. The first-order valence-electron chi connectivity index (χ1n) is 7.81. The van der Waals surface area contributed by atoms with Crippen LogP contribution >= 0.6 is 0 Å². The monoisotopic (exact) mass is 302 g/mol. The van der Waals surface area contributed by atoms with Gasteiger partial charge in [-0.25, -0.2) is 4.79 Å². The number of hydrogen-bond acceptors (Lipinski definition) is 5.